The lowest BCUT2D eigenvalue weighted by Crippen LogP contribution is -2.40. The number of rotatable bonds is 19. The second-order valence-electron chi connectivity index (χ2n) is 8.47. The molecule has 0 aliphatic carbocycles. The number of hydrogen-bond donors (Lipinski definition) is 3. The first-order valence-corrected chi connectivity index (χ1v) is 12.1. The molecule has 0 unspecified atom stereocenters. The van der Waals surface area contributed by atoms with Crippen LogP contribution in [-0.4, -0.2) is 52.9 Å². The summed E-state index contributed by atoms with van der Waals surface area (Å²) in [6.45, 7) is 2.07. The fraction of sp³-hybridized carbons (Fsp3) is 0.917. The monoisotopic (exact) mass is 414 g/mol. The highest BCUT2D eigenvalue weighted by Crippen LogP contribution is 2.20. The Bertz CT molecular complexity index is 387. The van der Waals surface area contributed by atoms with Gasteiger partial charge in [0.15, 0.2) is 0 Å². The van der Waals surface area contributed by atoms with E-state index in [0.29, 0.717) is 0 Å². The SMILES string of the molecule is CCCCCCCCCCCCCCCC/C=C/O[C@H]1CO[C@@H]([C@H](O)CO)[C@H]1O. The van der Waals surface area contributed by atoms with E-state index in [4.69, 9.17) is 14.6 Å². The molecule has 0 radical (unpaired) electrons. The van der Waals surface area contributed by atoms with Crippen molar-refractivity contribution in [2.24, 2.45) is 0 Å². The van der Waals surface area contributed by atoms with Crippen LogP contribution in [0.5, 0.6) is 0 Å². The van der Waals surface area contributed by atoms with Crippen LogP contribution in [0.15, 0.2) is 12.3 Å². The van der Waals surface area contributed by atoms with Crippen molar-refractivity contribution in [1.82, 2.24) is 0 Å². The fourth-order valence-electron chi connectivity index (χ4n) is 3.86. The minimum Gasteiger partial charge on any atom is -0.493 e. The predicted molar refractivity (Wildman–Crippen MR) is 118 cm³/mol. The lowest BCUT2D eigenvalue weighted by Gasteiger charge is -2.20. The number of hydrogen-bond acceptors (Lipinski definition) is 5. The Morgan fingerprint density at radius 2 is 1.41 bits per heavy atom. The molecule has 0 aromatic heterocycles. The van der Waals surface area contributed by atoms with Crippen LogP contribution in [0.4, 0.5) is 0 Å². The molecule has 5 heteroatoms. The van der Waals surface area contributed by atoms with Crippen molar-refractivity contribution in [3.63, 3.8) is 0 Å². The normalized spacial score (nSPS) is 23.1. The van der Waals surface area contributed by atoms with E-state index in [0.717, 1.165) is 12.8 Å². The zero-order chi connectivity index (χ0) is 21.2. The van der Waals surface area contributed by atoms with Crippen molar-refractivity contribution in [2.45, 2.75) is 128 Å². The second kappa shape index (κ2) is 18.2. The second-order valence-corrected chi connectivity index (χ2v) is 8.47. The van der Waals surface area contributed by atoms with Gasteiger partial charge in [-0.3, -0.25) is 0 Å². The molecule has 5 nitrogen and oxygen atoms in total. The third kappa shape index (κ3) is 12.6. The smallest absolute Gasteiger partial charge is 0.149 e. The number of unbranched alkanes of at least 4 members (excludes halogenated alkanes) is 14. The molecule has 1 aliphatic heterocycles. The van der Waals surface area contributed by atoms with Crippen LogP contribution in [0.3, 0.4) is 0 Å². The maximum Gasteiger partial charge on any atom is 0.149 e. The Labute approximate surface area is 178 Å². The largest absolute Gasteiger partial charge is 0.493 e. The number of aliphatic hydroxyl groups is 3. The molecular formula is C24H46O5. The zero-order valence-corrected chi connectivity index (χ0v) is 18.6. The third-order valence-electron chi connectivity index (χ3n) is 5.81. The van der Waals surface area contributed by atoms with E-state index in [1.54, 1.807) is 6.26 Å². The maximum absolute atomic E-state index is 10.0. The van der Waals surface area contributed by atoms with E-state index in [2.05, 4.69) is 6.92 Å². The van der Waals surface area contributed by atoms with E-state index < -0.39 is 31.0 Å². The predicted octanol–water partition coefficient (Wildman–Crippen LogP) is 4.87. The van der Waals surface area contributed by atoms with Gasteiger partial charge in [-0.25, -0.2) is 0 Å². The van der Waals surface area contributed by atoms with Gasteiger partial charge < -0.3 is 24.8 Å². The van der Waals surface area contributed by atoms with Crippen molar-refractivity contribution in [2.75, 3.05) is 13.2 Å². The zero-order valence-electron chi connectivity index (χ0n) is 18.6. The van der Waals surface area contributed by atoms with Crippen LogP contribution in [0.1, 0.15) is 103 Å². The van der Waals surface area contributed by atoms with Crippen molar-refractivity contribution in [1.29, 1.82) is 0 Å². The molecule has 4 atom stereocenters. The average Bonchev–Trinajstić information content (AvgIpc) is 3.10. The molecule has 0 bridgehead atoms. The van der Waals surface area contributed by atoms with E-state index in [9.17, 15) is 10.2 Å². The summed E-state index contributed by atoms with van der Waals surface area (Å²) in [7, 11) is 0. The Balaban J connectivity index is 1.84. The van der Waals surface area contributed by atoms with Crippen LogP contribution >= 0.6 is 0 Å². The molecule has 0 spiro atoms. The molecule has 1 fully saturated rings. The molecule has 29 heavy (non-hydrogen) atoms. The Morgan fingerprint density at radius 1 is 0.897 bits per heavy atom. The third-order valence-corrected chi connectivity index (χ3v) is 5.81. The van der Waals surface area contributed by atoms with Crippen molar-refractivity contribution < 1.29 is 24.8 Å². The summed E-state index contributed by atoms with van der Waals surface area (Å²) in [5.74, 6) is 0. The molecule has 1 aliphatic rings. The molecule has 0 aromatic carbocycles. The van der Waals surface area contributed by atoms with Gasteiger partial charge in [-0.15, -0.1) is 0 Å². The Hall–Kier alpha value is -0.620. The van der Waals surface area contributed by atoms with Crippen LogP contribution in [0.25, 0.3) is 0 Å². The summed E-state index contributed by atoms with van der Waals surface area (Å²) in [6, 6.07) is 0. The van der Waals surface area contributed by atoms with Crippen LogP contribution < -0.4 is 0 Å². The number of aliphatic hydroxyl groups excluding tert-OH is 3. The minimum atomic E-state index is -1.07. The summed E-state index contributed by atoms with van der Waals surface area (Å²) in [4.78, 5) is 0. The van der Waals surface area contributed by atoms with Crippen molar-refractivity contribution in [3.8, 4) is 0 Å². The molecule has 0 aromatic rings. The van der Waals surface area contributed by atoms with E-state index in [1.165, 1.54) is 83.5 Å². The highest BCUT2D eigenvalue weighted by molar-refractivity contribution is 4.90. The lowest BCUT2D eigenvalue weighted by atomic mass is 10.0. The van der Waals surface area contributed by atoms with Gasteiger partial charge in [-0.2, -0.15) is 0 Å². The van der Waals surface area contributed by atoms with Crippen LogP contribution in [0, 0.1) is 0 Å². The summed E-state index contributed by atoms with van der Waals surface area (Å²) in [6.07, 6.45) is 20.4. The Kier molecular flexibility index (Phi) is 16.6. The lowest BCUT2D eigenvalue weighted by molar-refractivity contribution is -0.0689. The highest BCUT2D eigenvalue weighted by Gasteiger charge is 2.40. The molecular weight excluding hydrogens is 368 g/mol. The first kappa shape index (κ1) is 26.4. The number of allylic oxidation sites excluding steroid dienone is 1. The summed E-state index contributed by atoms with van der Waals surface area (Å²) >= 11 is 0. The van der Waals surface area contributed by atoms with E-state index in [1.807, 2.05) is 6.08 Å². The molecule has 1 heterocycles. The van der Waals surface area contributed by atoms with Gasteiger partial charge in [0, 0.05) is 0 Å². The van der Waals surface area contributed by atoms with Crippen LogP contribution in [0.2, 0.25) is 0 Å². The van der Waals surface area contributed by atoms with Gasteiger partial charge in [0.25, 0.3) is 0 Å². The van der Waals surface area contributed by atoms with Gasteiger partial charge in [-0.05, 0) is 18.9 Å². The minimum absolute atomic E-state index is 0.228. The van der Waals surface area contributed by atoms with Gasteiger partial charge in [0.2, 0.25) is 0 Å². The fourth-order valence-corrected chi connectivity index (χ4v) is 3.86. The average molecular weight is 415 g/mol. The first-order chi connectivity index (χ1) is 14.2. The van der Waals surface area contributed by atoms with Gasteiger partial charge >= 0.3 is 0 Å². The first-order valence-electron chi connectivity index (χ1n) is 12.1. The topological polar surface area (TPSA) is 79.2 Å². The summed E-state index contributed by atoms with van der Waals surface area (Å²) in [5, 5.41) is 28.5. The quantitative estimate of drug-likeness (QED) is 0.208. The van der Waals surface area contributed by atoms with E-state index in [-0.39, 0.29) is 6.61 Å². The van der Waals surface area contributed by atoms with Crippen LogP contribution in [-0.2, 0) is 9.47 Å². The maximum atomic E-state index is 10.0. The van der Waals surface area contributed by atoms with Crippen molar-refractivity contribution >= 4 is 0 Å². The Morgan fingerprint density at radius 3 is 1.93 bits per heavy atom. The van der Waals surface area contributed by atoms with Crippen molar-refractivity contribution in [3.05, 3.63) is 12.3 Å². The van der Waals surface area contributed by atoms with E-state index >= 15 is 0 Å². The molecule has 1 rings (SSSR count). The highest BCUT2D eigenvalue weighted by atomic mass is 16.6. The summed E-state index contributed by atoms with van der Waals surface area (Å²) < 4.78 is 10.8. The molecule has 0 amide bonds. The standard InChI is InChI=1S/C24H46O5/c1-2-3-4-5-6-7-8-9-10-11-12-13-14-15-16-17-18-28-22-20-29-24(23(22)27)21(26)19-25/h17-18,21-27H,2-16,19-20H2,1H3/b18-17+/t21-,22+,23+,24+/m1/s1. The molecule has 172 valence electrons. The molecule has 1 saturated heterocycles. The number of ether oxygens (including phenoxy) is 2. The van der Waals surface area contributed by atoms with Gasteiger partial charge in [-0.1, -0.05) is 90.4 Å². The van der Waals surface area contributed by atoms with Gasteiger partial charge in [0.05, 0.1) is 19.5 Å². The van der Waals surface area contributed by atoms with Gasteiger partial charge in [0.1, 0.15) is 24.4 Å². The summed E-state index contributed by atoms with van der Waals surface area (Å²) in [5.41, 5.74) is 0. The molecule has 3 N–H and O–H groups in total. The molecule has 0 saturated carbocycles.